The minimum atomic E-state index is 0.942. The Labute approximate surface area is 148 Å². The van der Waals surface area contributed by atoms with Gasteiger partial charge in [0.1, 0.15) is 0 Å². The van der Waals surface area contributed by atoms with Crippen molar-refractivity contribution in [3.05, 3.63) is 0 Å². The fraction of sp³-hybridized carbons (Fsp3) is 1.00. The molecule has 0 heterocycles. The molecule has 0 rings (SSSR count). The van der Waals surface area contributed by atoms with E-state index in [0.29, 0.717) is 0 Å². The highest BCUT2D eigenvalue weighted by molar-refractivity contribution is 4.52. The summed E-state index contributed by atoms with van der Waals surface area (Å²) >= 11 is 0. The fourth-order valence-corrected chi connectivity index (χ4v) is 3.09. The van der Waals surface area contributed by atoms with Crippen molar-refractivity contribution in [2.24, 2.45) is 5.92 Å². The molecule has 0 saturated heterocycles. The van der Waals surface area contributed by atoms with Gasteiger partial charge in [-0.2, -0.15) is 0 Å². The van der Waals surface area contributed by atoms with Crippen LogP contribution in [0.15, 0.2) is 0 Å². The van der Waals surface area contributed by atoms with Crippen LogP contribution in [0.1, 0.15) is 124 Å². The van der Waals surface area contributed by atoms with Crippen molar-refractivity contribution in [2.45, 2.75) is 124 Å². The molecule has 0 aromatic heterocycles. The predicted molar refractivity (Wildman–Crippen MR) is 105 cm³/mol. The Hall–Kier alpha value is -0.0400. The Balaban J connectivity index is 2.97. The summed E-state index contributed by atoms with van der Waals surface area (Å²) in [6, 6.07) is 0. The molecule has 0 aliphatic heterocycles. The quantitative estimate of drug-likeness (QED) is 0.219. The third kappa shape index (κ3) is 19.9. The molecule has 140 valence electrons. The monoisotopic (exact) mass is 326 g/mol. The zero-order chi connectivity index (χ0) is 17.0. The second-order valence-electron chi connectivity index (χ2n) is 7.51. The molecule has 0 aliphatic rings. The summed E-state index contributed by atoms with van der Waals surface area (Å²) in [4.78, 5) is 0. The van der Waals surface area contributed by atoms with Gasteiger partial charge in [0, 0.05) is 13.2 Å². The lowest BCUT2D eigenvalue weighted by molar-refractivity contribution is 0.130. The van der Waals surface area contributed by atoms with Gasteiger partial charge >= 0.3 is 0 Å². The standard InChI is InChI=1S/C22H46O/c1-4-20-23-21-18-16-14-12-10-8-6-7-9-11-13-15-17-19-22(3)5-2/h22H,4-21H2,1-3H3. The Morgan fingerprint density at radius 1 is 0.565 bits per heavy atom. The molecule has 1 nitrogen and oxygen atoms in total. The molecule has 1 heteroatoms. The predicted octanol–water partition coefficient (Wildman–Crippen LogP) is 7.92. The molecule has 0 spiro atoms. The molecule has 0 bridgehead atoms. The van der Waals surface area contributed by atoms with Gasteiger partial charge in [0.15, 0.2) is 0 Å². The molecule has 1 atom stereocenters. The third-order valence-corrected chi connectivity index (χ3v) is 5.03. The molecule has 0 fully saturated rings. The van der Waals surface area contributed by atoms with E-state index in [1.165, 1.54) is 96.3 Å². The number of ether oxygens (including phenoxy) is 1. The van der Waals surface area contributed by atoms with Crippen LogP contribution in [0.25, 0.3) is 0 Å². The summed E-state index contributed by atoms with van der Waals surface area (Å²) < 4.78 is 5.51. The van der Waals surface area contributed by atoms with Crippen molar-refractivity contribution in [1.29, 1.82) is 0 Å². The van der Waals surface area contributed by atoms with Crippen LogP contribution >= 0.6 is 0 Å². The highest BCUT2D eigenvalue weighted by atomic mass is 16.5. The molecule has 0 aromatic carbocycles. The van der Waals surface area contributed by atoms with Crippen molar-refractivity contribution >= 4 is 0 Å². The summed E-state index contributed by atoms with van der Waals surface area (Å²) in [5.74, 6) is 0.943. The summed E-state index contributed by atoms with van der Waals surface area (Å²) in [5, 5.41) is 0. The van der Waals surface area contributed by atoms with Gasteiger partial charge in [0.05, 0.1) is 0 Å². The Morgan fingerprint density at radius 3 is 1.43 bits per heavy atom. The normalized spacial score (nSPS) is 12.7. The van der Waals surface area contributed by atoms with Gasteiger partial charge in [-0.15, -0.1) is 0 Å². The number of hydrogen-bond acceptors (Lipinski definition) is 1. The highest BCUT2D eigenvalue weighted by Gasteiger charge is 1.98. The maximum atomic E-state index is 5.51. The minimum Gasteiger partial charge on any atom is -0.381 e. The molecule has 1 unspecified atom stereocenters. The third-order valence-electron chi connectivity index (χ3n) is 5.03. The van der Waals surface area contributed by atoms with E-state index < -0.39 is 0 Å². The van der Waals surface area contributed by atoms with Gasteiger partial charge < -0.3 is 4.74 Å². The van der Waals surface area contributed by atoms with Crippen LogP contribution in [-0.2, 0) is 4.74 Å². The first kappa shape index (κ1) is 23.0. The van der Waals surface area contributed by atoms with Crippen molar-refractivity contribution < 1.29 is 4.74 Å². The second-order valence-corrected chi connectivity index (χ2v) is 7.51. The van der Waals surface area contributed by atoms with Gasteiger partial charge in [0.2, 0.25) is 0 Å². The lowest BCUT2D eigenvalue weighted by atomic mass is 9.99. The number of hydrogen-bond donors (Lipinski definition) is 0. The Morgan fingerprint density at radius 2 is 1.00 bits per heavy atom. The molecule has 0 N–H and O–H groups in total. The number of unbranched alkanes of at least 4 members (excludes halogenated alkanes) is 12. The highest BCUT2D eigenvalue weighted by Crippen LogP contribution is 2.15. The summed E-state index contributed by atoms with van der Waals surface area (Å²) in [5.41, 5.74) is 0. The van der Waals surface area contributed by atoms with Crippen LogP contribution in [0.2, 0.25) is 0 Å². The molecule has 0 amide bonds. The topological polar surface area (TPSA) is 9.23 Å². The van der Waals surface area contributed by atoms with Gasteiger partial charge in [-0.25, -0.2) is 0 Å². The van der Waals surface area contributed by atoms with Crippen LogP contribution in [0, 0.1) is 5.92 Å². The average Bonchev–Trinajstić information content (AvgIpc) is 2.57. The SMILES string of the molecule is CCCOCCCCCCCCCCCCCCCC(C)CC. The van der Waals surface area contributed by atoms with E-state index in [1.54, 1.807) is 0 Å². The van der Waals surface area contributed by atoms with Crippen molar-refractivity contribution in [3.8, 4) is 0 Å². The number of rotatable bonds is 19. The maximum absolute atomic E-state index is 5.51. The Kier molecular flexibility index (Phi) is 20.0. The van der Waals surface area contributed by atoms with E-state index in [0.717, 1.165) is 25.6 Å². The first-order valence-electron chi connectivity index (χ1n) is 10.9. The molecular weight excluding hydrogens is 280 g/mol. The largest absolute Gasteiger partial charge is 0.381 e. The van der Waals surface area contributed by atoms with E-state index in [4.69, 9.17) is 4.74 Å². The molecule has 0 saturated carbocycles. The lowest BCUT2D eigenvalue weighted by Crippen LogP contribution is -1.95. The van der Waals surface area contributed by atoms with Gasteiger partial charge in [-0.3, -0.25) is 0 Å². The van der Waals surface area contributed by atoms with E-state index in [1.807, 2.05) is 0 Å². The lowest BCUT2D eigenvalue weighted by Gasteiger charge is -2.07. The molecule has 23 heavy (non-hydrogen) atoms. The van der Waals surface area contributed by atoms with Gasteiger partial charge in [0.25, 0.3) is 0 Å². The van der Waals surface area contributed by atoms with Crippen molar-refractivity contribution in [2.75, 3.05) is 13.2 Å². The van der Waals surface area contributed by atoms with Crippen molar-refractivity contribution in [3.63, 3.8) is 0 Å². The van der Waals surface area contributed by atoms with Crippen LogP contribution in [0.4, 0.5) is 0 Å². The maximum Gasteiger partial charge on any atom is 0.0466 e. The van der Waals surface area contributed by atoms with E-state index in [9.17, 15) is 0 Å². The summed E-state index contributed by atoms with van der Waals surface area (Å²) in [6.45, 7) is 8.80. The molecular formula is C22H46O. The first-order chi connectivity index (χ1) is 11.3. The van der Waals surface area contributed by atoms with E-state index in [-0.39, 0.29) is 0 Å². The first-order valence-corrected chi connectivity index (χ1v) is 10.9. The summed E-state index contributed by atoms with van der Waals surface area (Å²) in [7, 11) is 0. The molecule has 0 aliphatic carbocycles. The van der Waals surface area contributed by atoms with Crippen LogP contribution < -0.4 is 0 Å². The molecule has 0 radical (unpaired) electrons. The fourth-order valence-electron chi connectivity index (χ4n) is 3.09. The van der Waals surface area contributed by atoms with E-state index >= 15 is 0 Å². The van der Waals surface area contributed by atoms with E-state index in [2.05, 4.69) is 20.8 Å². The molecule has 0 aromatic rings. The van der Waals surface area contributed by atoms with Gasteiger partial charge in [-0.05, 0) is 18.8 Å². The summed E-state index contributed by atoms with van der Waals surface area (Å²) in [6.07, 6.45) is 22.6. The second kappa shape index (κ2) is 20.0. The van der Waals surface area contributed by atoms with Crippen LogP contribution in [0.3, 0.4) is 0 Å². The average molecular weight is 327 g/mol. The van der Waals surface area contributed by atoms with Gasteiger partial charge in [-0.1, -0.05) is 111 Å². The van der Waals surface area contributed by atoms with Crippen molar-refractivity contribution in [1.82, 2.24) is 0 Å². The van der Waals surface area contributed by atoms with Crippen LogP contribution in [0.5, 0.6) is 0 Å². The smallest absolute Gasteiger partial charge is 0.0466 e. The zero-order valence-corrected chi connectivity index (χ0v) is 16.7. The van der Waals surface area contributed by atoms with Crippen LogP contribution in [-0.4, -0.2) is 13.2 Å². The zero-order valence-electron chi connectivity index (χ0n) is 16.7. The Bertz CT molecular complexity index is 202. The minimum absolute atomic E-state index is 0.942.